The van der Waals surface area contributed by atoms with Crippen LogP contribution >= 0.6 is 11.8 Å². The summed E-state index contributed by atoms with van der Waals surface area (Å²) in [7, 11) is 0. The van der Waals surface area contributed by atoms with Crippen LogP contribution in [0.1, 0.15) is 47.0 Å². The first-order valence-electron chi connectivity index (χ1n) is 5.40. The topological polar surface area (TPSA) is 9.23 Å². The molecule has 0 unspecified atom stereocenters. The molecule has 0 aliphatic heterocycles. The van der Waals surface area contributed by atoms with E-state index in [1.54, 1.807) is 0 Å². The Kier molecular flexibility index (Phi) is 7.87. The van der Waals surface area contributed by atoms with Crippen molar-refractivity contribution in [2.45, 2.75) is 51.7 Å². The highest BCUT2D eigenvalue weighted by molar-refractivity contribution is 8.00. The first-order valence-corrected chi connectivity index (χ1v) is 6.38. The zero-order valence-electron chi connectivity index (χ0n) is 9.56. The van der Waals surface area contributed by atoms with Crippen LogP contribution in [0.15, 0.2) is 0 Å². The molecule has 0 N–H and O–H groups in total. The molecule has 0 amide bonds. The van der Waals surface area contributed by atoms with Gasteiger partial charge in [0.05, 0.1) is 6.61 Å². The minimum atomic E-state index is 0.468. The molecule has 0 aromatic carbocycles. The standard InChI is InChI=1S/C11H24OS/c1-5-8-12-9-10-13-11(4,6-2)7-3/h5-10H2,1-4H3. The molecule has 0 aromatic rings. The van der Waals surface area contributed by atoms with Crippen molar-refractivity contribution in [3.05, 3.63) is 0 Å². The van der Waals surface area contributed by atoms with Crippen molar-refractivity contribution in [1.82, 2.24) is 0 Å². The molecule has 0 aliphatic carbocycles. The Bertz CT molecular complexity index is 111. The van der Waals surface area contributed by atoms with Gasteiger partial charge in [-0.25, -0.2) is 0 Å². The third-order valence-corrected chi connectivity index (χ3v) is 4.17. The van der Waals surface area contributed by atoms with Crippen LogP contribution in [0, 0.1) is 0 Å². The normalized spacial score (nSPS) is 12.0. The third kappa shape index (κ3) is 6.39. The van der Waals surface area contributed by atoms with Gasteiger partial charge in [-0.15, -0.1) is 0 Å². The lowest BCUT2D eigenvalue weighted by molar-refractivity contribution is 0.150. The summed E-state index contributed by atoms with van der Waals surface area (Å²) in [5, 5.41) is 0. The van der Waals surface area contributed by atoms with Gasteiger partial charge in [0, 0.05) is 17.1 Å². The van der Waals surface area contributed by atoms with E-state index >= 15 is 0 Å². The summed E-state index contributed by atoms with van der Waals surface area (Å²) in [6.45, 7) is 10.9. The highest BCUT2D eigenvalue weighted by Crippen LogP contribution is 2.31. The molecule has 0 saturated carbocycles. The molecule has 0 spiro atoms. The van der Waals surface area contributed by atoms with Gasteiger partial charge in [-0.05, 0) is 19.3 Å². The Balaban J connectivity index is 3.39. The van der Waals surface area contributed by atoms with E-state index in [4.69, 9.17) is 4.74 Å². The van der Waals surface area contributed by atoms with E-state index in [1.807, 2.05) is 11.8 Å². The Morgan fingerprint density at radius 3 is 2.15 bits per heavy atom. The SMILES string of the molecule is CCCOCCSC(C)(CC)CC. The highest BCUT2D eigenvalue weighted by atomic mass is 32.2. The molecule has 0 heterocycles. The molecule has 0 aromatic heterocycles. The number of hydrogen-bond donors (Lipinski definition) is 0. The Labute approximate surface area is 87.6 Å². The Morgan fingerprint density at radius 2 is 1.69 bits per heavy atom. The molecule has 2 heteroatoms. The van der Waals surface area contributed by atoms with E-state index < -0.39 is 0 Å². The van der Waals surface area contributed by atoms with Crippen molar-refractivity contribution in [3.63, 3.8) is 0 Å². The molecule has 0 rings (SSSR count). The van der Waals surface area contributed by atoms with Crippen molar-refractivity contribution < 1.29 is 4.74 Å². The molecular weight excluding hydrogens is 180 g/mol. The largest absolute Gasteiger partial charge is 0.381 e. The lowest BCUT2D eigenvalue weighted by Crippen LogP contribution is -2.18. The van der Waals surface area contributed by atoms with E-state index in [-0.39, 0.29) is 0 Å². The number of rotatable bonds is 8. The summed E-state index contributed by atoms with van der Waals surface area (Å²) in [6.07, 6.45) is 3.63. The quantitative estimate of drug-likeness (QED) is 0.557. The zero-order chi connectivity index (χ0) is 10.2. The van der Waals surface area contributed by atoms with Crippen molar-refractivity contribution in [1.29, 1.82) is 0 Å². The molecule has 0 radical (unpaired) electrons. The van der Waals surface area contributed by atoms with E-state index in [2.05, 4.69) is 27.7 Å². The monoisotopic (exact) mass is 204 g/mol. The van der Waals surface area contributed by atoms with E-state index in [0.29, 0.717) is 4.75 Å². The summed E-state index contributed by atoms with van der Waals surface area (Å²) in [4.78, 5) is 0. The zero-order valence-corrected chi connectivity index (χ0v) is 10.4. The molecule has 1 nitrogen and oxygen atoms in total. The average Bonchev–Trinajstić information content (AvgIpc) is 2.17. The number of thioether (sulfide) groups is 1. The van der Waals surface area contributed by atoms with Crippen molar-refractivity contribution in [2.75, 3.05) is 19.0 Å². The maximum atomic E-state index is 5.45. The van der Waals surface area contributed by atoms with Gasteiger partial charge in [0.1, 0.15) is 0 Å². The molecule has 0 atom stereocenters. The highest BCUT2D eigenvalue weighted by Gasteiger charge is 2.19. The molecule has 0 aliphatic rings. The van der Waals surface area contributed by atoms with Crippen LogP contribution in [0.25, 0.3) is 0 Å². The average molecular weight is 204 g/mol. The van der Waals surface area contributed by atoms with Crippen molar-refractivity contribution in [3.8, 4) is 0 Å². The fourth-order valence-electron chi connectivity index (χ4n) is 1.05. The first kappa shape index (κ1) is 13.3. The van der Waals surface area contributed by atoms with Crippen LogP contribution in [0.3, 0.4) is 0 Å². The van der Waals surface area contributed by atoms with Crippen LogP contribution in [0.4, 0.5) is 0 Å². The third-order valence-electron chi connectivity index (χ3n) is 2.52. The summed E-state index contributed by atoms with van der Waals surface area (Å²) in [5.41, 5.74) is 0. The second-order valence-electron chi connectivity index (χ2n) is 3.62. The van der Waals surface area contributed by atoms with Gasteiger partial charge >= 0.3 is 0 Å². The minimum absolute atomic E-state index is 0.468. The maximum absolute atomic E-state index is 5.45. The molecule has 80 valence electrons. The first-order chi connectivity index (χ1) is 6.18. The molecule has 0 bridgehead atoms. The lowest BCUT2D eigenvalue weighted by atomic mass is 10.1. The summed E-state index contributed by atoms with van der Waals surface area (Å²) in [6, 6.07) is 0. The van der Waals surface area contributed by atoms with Gasteiger partial charge in [0.2, 0.25) is 0 Å². The second kappa shape index (κ2) is 7.69. The van der Waals surface area contributed by atoms with Crippen molar-refractivity contribution in [2.24, 2.45) is 0 Å². The fraction of sp³-hybridized carbons (Fsp3) is 1.00. The van der Waals surface area contributed by atoms with Crippen LogP contribution < -0.4 is 0 Å². The predicted molar refractivity (Wildman–Crippen MR) is 62.6 cm³/mol. The van der Waals surface area contributed by atoms with Crippen LogP contribution in [0.2, 0.25) is 0 Å². The Morgan fingerprint density at radius 1 is 1.08 bits per heavy atom. The van der Waals surface area contributed by atoms with Gasteiger partial charge in [0.15, 0.2) is 0 Å². The van der Waals surface area contributed by atoms with Crippen molar-refractivity contribution >= 4 is 11.8 Å². The van der Waals surface area contributed by atoms with Gasteiger partial charge in [-0.3, -0.25) is 0 Å². The molecular formula is C11H24OS. The molecule has 13 heavy (non-hydrogen) atoms. The number of hydrogen-bond acceptors (Lipinski definition) is 2. The second-order valence-corrected chi connectivity index (χ2v) is 5.30. The number of ether oxygens (including phenoxy) is 1. The van der Waals surface area contributed by atoms with E-state index in [0.717, 1.165) is 25.4 Å². The van der Waals surface area contributed by atoms with E-state index in [9.17, 15) is 0 Å². The summed E-state index contributed by atoms with van der Waals surface area (Å²) in [5.74, 6) is 1.14. The summed E-state index contributed by atoms with van der Waals surface area (Å²) >= 11 is 2.05. The van der Waals surface area contributed by atoms with Gasteiger partial charge in [-0.1, -0.05) is 27.7 Å². The van der Waals surface area contributed by atoms with Crippen LogP contribution in [-0.2, 0) is 4.74 Å². The molecule has 0 saturated heterocycles. The van der Waals surface area contributed by atoms with Crippen LogP contribution in [-0.4, -0.2) is 23.7 Å². The van der Waals surface area contributed by atoms with E-state index in [1.165, 1.54) is 12.8 Å². The van der Waals surface area contributed by atoms with Crippen LogP contribution in [0.5, 0.6) is 0 Å². The van der Waals surface area contributed by atoms with Gasteiger partial charge in [0.25, 0.3) is 0 Å². The smallest absolute Gasteiger partial charge is 0.0556 e. The van der Waals surface area contributed by atoms with Gasteiger partial charge in [-0.2, -0.15) is 11.8 Å². The maximum Gasteiger partial charge on any atom is 0.0556 e. The summed E-state index contributed by atoms with van der Waals surface area (Å²) < 4.78 is 5.91. The fourth-order valence-corrected chi connectivity index (χ4v) is 2.15. The predicted octanol–water partition coefficient (Wildman–Crippen LogP) is 3.72. The lowest BCUT2D eigenvalue weighted by Gasteiger charge is -2.25. The minimum Gasteiger partial charge on any atom is -0.381 e. The Hall–Kier alpha value is 0.310. The molecule has 0 fully saturated rings. The van der Waals surface area contributed by atoms with Gasteiger partial charge < -0.3 is 4.74 Å².